The topological polar surface area (TPSA) is 57.7 Å². The molecule has 1 aliphatic rings. The zero-order valence-electron chi connectivity index (χ0n) is 17.3. The van der Waals surface area contributed by atoms with E-state index >= 15 is 0 Å². The summed E-state index contributed by atoms with van der Waals surface area (Å²) >= 11 is 1.55. The number of benzene rings is 2. The highest BCUT2D eigenvalue weighted by Crippen LogP contribution is 2.32. The zero-order chi connectivity index (χ0) is 20.9. The van der Waals surface area contributed by atoms with Gasteiger partial charge in [0.2, 0.25) is 0 Å². The number of amides is 1. The zero-order valence-corrected chi connectivity index (χ0v) is 18.1. The van der Waals surface area contributed by atoms with Gasteiger partial charge in [-0.1, -0.05) is 41.7 Å². The summed E-state index contributed by atoms with van der Waals surface area (Å²) in [4.78, 5) is 23.1. The van der Waals surface area contributed by atoms with Crippen molar-refractivity contribution < 1.29 is 9.53 Å². The lowest BCUT2D eigenvalue weighted by molar-refractivity contribution is 0.0347. The molecule has 6 nitrogen and oxygen atoms in total. The molecule has 0 aliphatic carbocycles. The van der Waals surface area contributed by atoms with Gasteiger partial charge < -0.3 is 9.64 Å². The summed E-state index contributed by atoms with van der Waals surface area (Å²) in [6.45, 7) is 4.13. The van der Waals surface area contributed by atoms with Crippen LogP contribution in [0.5, 0.6) is 0 Å². The van der Waals surface area contributed by atoms with Crippen LogP contribution in [0.1, 0.15) is 15.2 Å². The second kappa shape index (κ2) is 9.38. The molecule has 1 aromatic heterocycles. The fraction of sp³-hybridized carbons (Fsp3) is 0.304. The highest BCUT2D eigenvalue weighted by atomic mass is 32.1. The number of thiazole rings is 1. The molecule has 1 amide bonds. The smallest absolute Gasteiger partial charge is 0.257 e. The van der Waals surface area contributed by atoms with E-state index < -0.39 is 0 Å². The fourth-order valence-electron chi connectivity index (χ4n) is 3.38. The van der Waals surface area contributed by atoms with Crippen molar-refractivity contribution in [3.63, 3.8) is 0 Å². The molecule has 1 saturated heterocycles. The summed E-state index contributed by atoms with van der Waals surface area (Å²) in [5.74, 6) is -0.147. The van der Waals surface area contributed by atoms with Crippen LogP contribution in [-0.4, -0.2) is 56.2 Å². The number of rotatable bonds is 6. The van der Waals surface area contributed by atoms with Gasteiger partial charge in [0, 0.05) is 55.4 Å². The lowest BCUT2D eigenvalue weighted by atomic mass is 10.1. The molecule has 0 atom stereocenters. The minimum atomic E-state index is -0.147. The van der Waals surface area contributed by atoms with Crippen LogP contribution in [0.15, 0.2) is 54.6 Å². The standard InChI is InChI=1S/C23H26N4O2S/c1-26(2)19-10-8-18(9-11-19)22(28)25-23-24-21(17-6-4-3-5-7-17)20(30-23)16-27-12-14-29-15-13-27/h3-11H,12-16H2,1-2H3,(H,24,25,28). The van der Waals surface area contributed by atoms with Gasteiger partial charge in [0.15, 0.2) is 5.13 Å². The predicted molar refractivity (Wildman–Crippen MR) is 122 cm³/mol. The Hall–Kier alpha value is -2.74. The number of nitrogens with one attached hydrogen (secondary N) is 1. The maximum Gasteiger partial charge on any atom is 0.257 e. The average Bonchev–Trinajstić information content (AvgIpc) is 3.17. The van der Waals surface area contributed by atoms with E-state index in [-0.39, 0.29) is 5.91 Å². The maximum absolute atomic E-state index is 12.8. The highest BCUT2D eigenvalue weighted by molar-refractivity contribution is 7.16. The van der Waals surface area contributed by atoms with Gasteiger partial charge in [0.05, 0.1) is 18.9 Å². The molecule has 0 radical (unpaired) electrons. The molecule has 1 aliphatic heterocycles. The van der Waals surface area contributed by atoms with Gasteiger partial charge in [0.25, 0.3) is 5.91 Å². The first-order chi connectivity index (χ1) is 14.6. The van der Waals surface area contributed by atoms with Crippen molar-refractivity contribution >= 4 is 28.1 Å². The van der Waals surface area contributed by atoms with Crippen molar-refractivity contribution in [1.82, 2.24) is 9.88 Å². The molecule has 0 spiro atoms. The Morgan fingerprint density at radius 3 is 2.47 bits per heavy atom. The Morgan fingerprint density at radius 2 is 1.80 bits per heavy atom. The predicted octanol–water partition coefficient (Wildman–Crippen LogP) is 3.96. The van der Waals surface area contributed by atoms with E-state index in [4.69, 9.17) is 9.72 Å². The minimum absolute atomic E-state index is 0.147. The van der Waals surface area contributed by atoms with Gasteiger partial charge in [-0.15, -0.1) is 0 Å². The maximum atomic E-state index is 12.8. The third-order valence-electron chi connectivity index (χ3n) is 5.08. The highest BCUT2D eigenvalue weighted by Gasteiger charge is 2.19. The van der Waals surface area contributed by atoms with Crippen LogP contribution in [0.4, 0.5) is 10.8 Å². The largest absolute Gasteiger partial charge is 0.379 e. The van der Waals surface area contributed by atoms with Crippen LogP contribution in [0.2, 0.25) is 0 Å². The number of nitrogens with zero attached hydrogens (tertiary/aromatic N) is 3. The molecular formula is C23H26N4O2S. The summed E-state index contributed by atoms with van der Waals surface area (Å²) in [6, 6.07) is 17.7. The lowest BCUT2D eigenvalue weighted by Gasteiger charge is -2.26. The first kappa shape index (κ1) is 20.5. The number of morpholine rings is 1. The van der Waals surface area contributed by atoms with E-state index in [0.717, 1.165) is 54.7 Å². The second-order valence-corrected chi connectivity index (χ2v) is 8.52. The summed E-state index contributed by atoms with van der Waals surface area (Å²) in [7, 11) is 3.96. The number of carbonyl (C=O) groups excluding carboxylic acids is 1. The summed E-state index contributed by atoms with van der Waals surface area (Å²) in [5, 5.41) is 3.61. The molecular weight excluding hydrogens is 396 g/mol. The molecule has 2 aromatic carbocycles. The van der Waals surface area contributed by atoms with Crippen molar-refractivity contribution in [2.45, 2.75) is 6.54 Å². The van der Waals surface area contributed by atoms with E-state index in [1.165, 1.54) is 0 Å². The van der Waals surface area contributed by atoms with Crippen molar-refractivity contribution in [1.29, 1.82) is 0 Å². The molecule has 3 aromatic rings. The van der Waals surface area contributed by atoms with Crippen LogP contribution in [0.25, 0.3) is 11.3 Å². The van der Waals surface area contributed by atoms with Crippen LogP contribution in [0, 0.1) is 0 Å². The number of carbonyl (C=O) groups is 1. The number of anilines is 2. The molecule has 0 bridgehead atoms. The van der Waals surface area contributed by atoms with Gasteiger partial charge >= 0.3 is 0 Å². The molecule has 1 N–H and O–H groups in total. The van der Waals surface area contributed by atoms with Gasteiger partial charge in [-0.3, -0.25) is 15.0 Å². The van der Waals surface area contributed by atoms with Gasteiger partial charge in [-0.2, -0.15) is 0 Å². The third kappa shape index (κ3) is 4.87. The number of aromatic nitrogens is 1. The minimum Gasteiger partial charge on any atom is -0.379 e. The quantitative estimate of drug-likeness (QED) is 0.652. The molecule has 1 fully saturated rings. The second-order valence-electron chi connectivity index (χ2n) is 7.44. The third-order valence-corrected chi connectivity index (χ3v) is 6.04. The summed E-state index contributed by atoms with van der Waals surface area (Å²) in [5.41, 5.74) is 3.67. The Balaban J connectivity index is 1.56. The first-order valence-electron chi connectivity index (χ1n) is 10.0. The molecule has 30 heavy (non-hydrogen) atoms. The van der Waals surface area contributed by atoms with Crippen LogP contribution >= 0.6 is 11.3 Å². The van der Waals surface area contributed by atoms with Crippen LogP contribution in [-0.2, 0) is 11.3 Å². The molecule has 156 valence electrons. The Labute approximate surface area is 181 Å². The van der Waals surface area contributed by atoms with Crippen LogP contribution < -0.4 is 10.2 Å². The van der Waals surface area contributed by atoms with Crippen molar-refractivity contribution in [3.05, 3.63) is 65.0 Å². The monoisotopic (exact) mass is 422 g/mol. The van der Waals surface area contributed by atoms with E-state index in [1.54, 1.807) is 11.3 Å². The van der Waals surface area contributed by atoms with Crippen molar-refractivity contribution in [2.75, 3.05) is 50.6 Å². The summed E-state index contributed by atoms with van der Waals surface area (Å²) < 4.78 is 5.47. The number of hydrogen-bond acceptors (Lipinski definition) is 6. The van der Waals surface area contributed by atoms with Gasteiger partial charge in [-0.25, -0.2) is 4.98 Å². The van der Waals surface area contributed by atoms with Gasteiger partial charge in [-0.05, 0) is 24.3 Å². The fourth-order valence-corrected chi connectivity index (χ4v) is 4.40. The van der Waals surface area contributed by atoms with Crippen molar-refractivity contribution in [3.8, 4) is 11.3 Å². The number of ether oxygens (including phenoxy) is 1. The molecule has 0 saturated carbocycles. The van der Waals surface area contributed by atoms with Crippen LogP contribution in [0.3, 0.4) is 0 Å². The molecule has 4 rings (SSSR count). The molecule has 7 heteroatoms. The number of hydrogen-bond donors (Lipinski definition) is 1. The molecule has 2 heterocycles. The normalized spacial score (nSPS) is 14.5. The van der Waals surface area contributed by atoms with E-state index in [9.17, 15) is 4.79 Å². The average molecular weight is 423 g/mol. The Bertz CT molecular complexity index is 980. The SMILES string of the molecule is CN(C)c1ccc(C(=O)Nc2nc(-c3ccccc3)c(CN3CCOCC3)s2)cc1. The molecule has 0 unspecified atom stereocenters. The van der Waals surface area contributed by atoms with E-state index in [0.29, 0.717) is 10.7 Å². The Morgan fingerprint density at radius 1 is 1.10 bits per heavy atom. The van der Waals surface area contributed by atoms with Gasteiger partial charge in [0.1, 0.15) is 0 Å². The summed E-state index contributed by atoms with van der Waals surface area (Å²) in [6.07, 6.45) is 0. The lowest BCUT2D eigenvalue weighted by Crippen LogP contribution is -2.35. The van der Waals surface area contributed by atoms with E-state index in [1.807, 2.05) is 61.5 Å². The van der Waals surface area contributed by atoms with Crippen molar-refractivity contribution in [2.24, 2.45) is 0 Å². The first-order valence-corrected chi connectivity index (χ1v) is 10.9. The van der Waals surface area contributed by atoms with E-state index in [2.05, 4.69) is 22.3 Å². The Kier molecular flexibility index (Phi) is 6.42.